The van der Waals surface area contributed by atoms with Crippen molar-refractivity contribution in [2.24, 2.45) is 0 Å². The molecule has 0 aliphatic rings. The first-order valence-corrected chi connectivity index (χ1v) is 6.37. The molecule has 0 saturated heterocycles. The molecule has 0 saturated carbocycles. The van der Waals surface area contributed by atoms with Crippen LogP contribution in [0.4, 0.5) is 5.69 Å². The van der Waals surface area contributed by atoms with Gasteiger partial charge >= 0.3 is 5.97 Å². The van der Waals surface area contributed by atoms with Crippen molar-refractivity contribution >= 4 is 27.6 Å². The van der Waals surface area contributed by atoms with Gasteiger partial charge in [-0.05, 0) is 18.2 Å². The second-order valence-corrected chi connectivity index (χ2v) is 4.76. The standard InChI is InChI=1S/C13H9BrN4O2/c14-9-1-2-11(8(3-9)4-15)17-6-12-10(13(19)20)5-16-7-18-12/h1-3,5,7,17H,6H2,(H,19,20). The van der Waals surface area contributed by atoms with E-state index in [2.05, 4.69) is 37.3 Å². The lowest BCUT2D eigenvalue weighted by molar-refractivity contribution is 0.0694. The third-order valence-electron chi connectivity index (χ3n) is 2.57. The van der Waals surface area contributed by atoms with Gasteiger partial charge in [0.25, 0.3) is 0 Å². The van der Waals surface area contributed by atoms with Gasteiger partial charge in [-0.25, -0.2) is 14.8 Å². The zero-order valence-corrected chi connectivity index (χ0v) is 11.8. The summed E-state index contributed by atoms with van der Waals surface area (Å²) in [5, 5.41) is 21.1. The van der Waals surface area contributed by atoms with E-state index < -0.39 is 5.97 Å². The van der Waals surface area contributed by atoms with Gasteiger partial charge in [0, 0.05) is 10.7 Å². The predicted molar refractivity (Wildman–Crippen MR) is 75.2 cm³/mol. The molecule has 0 atom stereocenters. The highest BCUT2D eigenvalue weighted by atomic mass is 79.9. The lowest BCUT2D eigenvalue weighted by Gasteiger charge is -2.09. The molecule has 2 rings (SSSR count). The lowest BCUT2D eigenvalue weighted by Crippen LogP contribution is -2.10. The Labute approximate surface area is 123 Å². The summed E-state index contributed by atoms with van der Waals surface area (Å²) in [6, 6.07) is 7.28. The molecule has 2 aromatic rings. The Balaban J connectivity index is 2.22. The molecule has 0 aliphatic heterocycles. The molecule has 0 aliphatic carbocycles. The quantitative estimate of drug-likeness (QED) is 0.891. The SMILES string of the molecule is N#Cc1cc(Br)ccc1NCc1ncncc1C(=O)O. The normalized spacial score (nSPS) is 9.80. The van der Waals surface area contributed by atoms with Crippen LogP contribution in [0.2, 0.25) is 0 Å². The number of nitriles is 1. The molecule has 0 spiro atoms. The molecule has 1 aromatic heterocycles. The molecular formula is C13H9BrN4O2. The Morgan fingerprint density at radius 1 is 1.50 bits per heavy atom. The van der Waals surface area contributed by atoms with Crippen LogP contribution >= 0.6 is 15.9 Å². The van der Waals surface area contributed by atoms with Crippen LogP contribution in [-0.2, 0) is 6.54 Å². The molecule has 1 aromatic carbocycles. The first-order chi connectivity index (χ1) is 9.61. The molecule has 0 amide bonds. The van der Waals surface area contributed by atoms with Crippen LogP contribution in [0.1, 0.15) is 21.6 Å². The highest BCUT2D eigenvalue weighted by Crippen LogP contribution is 2.21. The number of carboxylic acid groups (broad SMARTS) is 1. The van der Waals surface area contributed by atoms with Crippen molar-refractivity contribution in [2.75, 3.05) is 5.32 Å². The molecule has 0 radical (unpaired) electrons. The van der Waals surface area contributed by atoms with Gasteiger partial charge in [-0.15, -0.1) is 0 Å². The van der Waals surface area contributed by atoms with Crippen molar-refractivity contribution in [1.82, 2.24) is 9.97 Å². The monoisotopic (exact) mass is 332 g/mol. The molecule has 1 heterocycles. The lowest BCUT2D eigenvalue weighted by atomic mass is 10.2. The van der Waals surface area contributed by atoms with E-state index in [0.717, 1.165) is 4.47 Å². The summed E-state index contributed by atoms with van der Waals surface area (Å²) in [6.07, 6.45) is 2.54. The van der Waals surface area contributed by atoms with Crippen molar-refractivity contribution in [3.63, 3.8) is 0 Å². The van der Waals surface area contributed by atoms with Crippen LogP contribution in [0.5, 0.6) is 0 Å². The van der Waals surface area contributed by atoms with Gasteiger partial charge in [0.15, 0.2) is 0 Å². The number of benzene rings is 1. The summed E-state index contributed by atoms with van der Waals surface area (Å²) in [5.41, 5.74) is 1.48. The number of halogens is 1. The maximum Gasteiger partial charge on any atom is 0.339 e. The number of aromatic carboxylic acids is 1. The van der Waals surface area contributed by atoms with Crippen molar-refractivity contribution < 1.29 is 9.90 Å². The number of nitrogens with one attached hydrogen (secondary N) is 1. The highest BCUT2D eigenvalue weighted by Gasteiger charge is 2.11. The zero-order valence-electron chi connectivity index (χ0n) is 10.2. The van der Waals surface area contributed by atoms with Gasteiger partial charge in [0.2, 0.25) is 0 Å². The molecule has 6 nitrogen and oxygen atoms in total. The van der Waals surface area contributed by atoms with E-state index in [9.17, 15) is 4.79 Å². The topological polar surface area (TPSA) is 98.9 Å². The summed E-state index contributed by atoms with van der Waals surface area (Å²) in [7, 11) is 0. The molecule has 0 unspecified atom stereocenters. The zero-order chi connectivity index (χ0) is 14.5. The highest BCUT2D eigenvalue weighted by molar-refractivity contribution is 9.10. The van der Waals surface area contributed by atoms with E-state index >= 15 is 0 Å². The van der Waals surface area contributed by atoms with Gasteiger partial charge in [0.1, 0.15) is 18.0 Å². The molecule has 100 valence electrons. The molecule has 0 fully saturated rings. The molecule has 0 bridgehead atoms. The fourth-order valence-electron chi connectivity index (χ4n) is 1.62. The smallest absolute Gasteiger partial charge is 0.339 e. The summed E-state index contributed by atoms with van der Waals surface area (Å²) in [6.45, 7) is 0.195. The summed E-state index contributed by atoms with van der Waals surface area (Å²) in [4.78, 5) is 18.7. The second kappa shape index (κ2) is 6.12. The minimum absolute atomic E-state index is 0.0376. The van der Waals surface area contributed by atoms with Gasteiger partial charge in [0.05, 0.1) is 23.5 Å². The fourth-order valence-corrected chi connectivity index (χ4v) is 1.98. The number of anilines is 1. The average molecular weight is 333 g/mol. The van der Waals surface area contributed by atoms with E-state index in [0.29, 0.717) is 16.9 Å². The van der Waals surface area contributed by atoms with Gasteiger partial charge in [-0.3, -0.25) is 0 Å². The number of carbonyl (C=O) groups is 1. The van der Waals surface area contributed by atoms with Crippen LogP contribution < -0.4 is 5.32 Å². The van der Waals surface area contributed by atoms with Crippen LogP contribution in [0.3, 0.4) is 0 Å². The van der Waals surface area contributed by atoms with E-state index in [1.165, 1.54) is 12.5 Å². The molecule has 7 heteroatoms. The number of carboxylic acids is 1. The third kappa shape index (κ3) is 3.10. The summed E-state index contributed by atoms with van der Waals surface area (Å²) >= 11 is 3.29. The molecule has 2 N–H and O–H groups in total. The molecule has 20 heavy (non-hydrogen) atoms. The van der Waals surface area contributed by atoms with Gasteiger partial charge in [-0.1, -0.05) is 15.9 Å². The van der Waals surface area contributed by atoms with Crippen molar-refractivity contribution in [3.8, 4) is 6.07 Å². The maximum atomic E-state index is 11.0. The molecular weight excluding hydrogens is 324 g/mol. The Morgan fingerprint density at radius 3 is 3.00 bits per heavy atom. The van der Waals surface area contributed by atoms with Gasteiger partial charge in [-0.2, -0.15) is 5.26 Å². The number of hydrogen-bond acceptors (Lipinski definition) is 5. The van der Waals surface area contributed by atoms with Crippen LogP contribution in [0.15, 0.2) is 35.2 Å². The largest absolute Gasteiger partial charge is 0.478 e. The first-order valence-electron chi connectivity index (χ1n) is 5.57. The van der Waals surface area contributed by atoms with E-state index in [4.69, 9.17) is 10.4 Å². The van der Waals surface area contributed by atoms with Gasteiger partial charge < -0.3 is 10.4 Å². The first kappa shape index (κ1) is 14.0. The van der Waals surface area contributed by atoms with E-state index in [-0.39, 0.29) is 12.1 Å². The number of nitrogens with zero attached hydrogens (tertiary/aromatic N) is 3. The minimum Gasteiger partial charge on any atom is -0.478 e. The Hall–Kier alpha value is -2.46. The average Bonchev–Trinajstić information content (AvgIpc) is 2.46. The summed E-state index contributed by atoms with van der Waals surface area (Å²) < 4.78 is 0.799. The third-order valence-corrected chi connectivity index (χ3v) is 3.07. The van der Waals surface area contributed by atoms with Crippen molar-refractivity contribution in [1.29, 1.82) is 5.26 Å². The Kier molecular flexibility index (Phi) is 4.27. The van der Waals surface area contributed by atoms with E-state index in [1.54, 1.807) is 18.2 Å². The summed E-state index contributed by atoms with van der Waals surface area (Å²) in [5.74, 6) is -1.08. The van der Waals surface area contributed by atoms with Crippen LogP contribution in [-0.4, -0.2) is 21.0 Å². The Morgan fingerprint density at radius 2 is 2.30 bits per heavy atom. The minimum atomic E-state index is -1.08. The number of rotatable bonds is 4. The fraction of sp³-hybridized carbons (Fsp3) is 0.0769. The van der Waals surface area contributed by atoms with Crippen LogP contribution in [0, 0.1) is 11.3 Å². The van der Waals surface area contributed by atoms with Crippen LogP contribution in [0.25, 0.3) is 0 Å². The number of aromatic nitrogens is 2. The predicted octanol–water partition coefficient (Wildman–Crippen LogP) is 2.42. The van der Waals surface area contributed by atoms with E-state index in [1.807, 2.05) is 0 Å². The maximum absolute atomic E-state index is 11.0. The second-order valence-electron chi connectivity index (χ2n) is 3.84. The van der Waals surface area contributed by atoms with Crippen molar-refractivity contribution in [2.45, 2.75) is 6.54 Å². The van der Waals surface area contributed by atoms with Crippen molar-refractivity contribution in [3.05, 3.63) is 52.0 Å². The number of hydrogen-bond donors (Lipinski definition) is 2. The Bertz CT molecular complexity index is 697.